The molecule has 1 aliphatic rings. The molecule has 2 aromatic rings. The van der Waals surface area contributed by atoms with E-state index in [-0.39, 0.29) is 17.8 Å². The zero-order chi connectivity index (χ0) is 15.1. The molecule has 1 aliphatic heterocycles. The molecule has 1 amide bonds. The largest absolute Gasteiger partial charge is 0.334 e. The number of anilines is 1. The molecule has 2 heterocycles. The number of hydrogen-bond donors (Lipinski definition) is 0. The number of imidazole rings is 1. The van der Waals surface area contributed by atoms with Crippen LogP contribution >= 0.6 is 0 Å². The number of carbonyl (C=O) groups is 2. The highest BCUT2D eigenvalue weighted by Gasteiger charge is 2.39. The Balaban J connectivity index is 2.06. The van der Waals surface area contributed by atoms with Gasteiger partial charge in [0.25, 0.3) is 11.7 Å². The van der Waals surface area contributed by atoms with Gasteiger partial charge in [-0.3, -0.25) is 14.5 Å². The summed E-state index contributed by atoms with van der Waals surface area (Å²) in [7, 11) is 0. The van der Waals surface area contributed by atoms with Gasteiger partial charge in [-0.1, -0.05) is 0 Å². The zero-order valence-electron chi connectivity index (χ0n) is 11.1. The van der Waals surface area contributed by atoms with E-state index in [1.54, 1.807) is 17.0 Å². The van der Waals surface area contributed by atoms with Crippen LogP contribution in [0.4, 0.5) is 14.5 Å². The lowest BCUT2D eigenvalue weighted by Crippen LogP contribution is -2.30. The summed E-state index contributed by atoms with van der Waals surface area (Å²) >= 11 is 0. The van der Waals surface area contributed by atoms with Crippen molar-refractivity contribution in [2.45, 2.75) is 20.0 Å². The van der Waals surface area contributed by atoms with Crippen LogP contribution in [0.5, 0.6) is 0 Å². The smallest absolute Gasteiger partial charge is 0.299 e. The maximum Gasteiger partial charge on any atom is 0.299 e. The zero-order valence-corrected chi connectivity index (χ0v) is 11.1. The molecule has 0 N–H and O–H groups in total. The molecule has 0 atom stereocenters. The first-order chi connectivity index (χ1) is 10.0. The lowest BCUT2D eigenvalue weighted by atomic mass is 10.1. The Morgan fingerprint density at radius 2 is 2.00 bits per heavy atom. The Morgan fingerprint density at radius 3 is 2.71 bits per heavy atom. The van der Waals surface area contributed by atoms with Crippen LogP contribution in [0.2, 0.25) is 0 Å². The van der Waals surface area contributed by atoms with Gasteiger partial charge in [0, 0.05) is 25.0 Å². The van der Waals surface area contributed by atoms with Gasteiger partial charge in [-0.25, -0.2) is 13.8 Å². The number of Topliss-reactive ketones (excluding diaryl/α,β-unsaturated/α-hetero) is 1. The van der Waals surface area contributed by atoms with Gasteiger partial charge < -0.3 is 4.57 Å². The van der Waals surface area contributed by atoms with Gasteiger partial charge in [-0.2, -0.15) is 0 Å². The monoisotopic (exact) mass is 291 g/mol. The Kier molecular flexibility index (Phi) is 3.04. The van der Waals surface area contributed by atoms with E-state index < -0.39 is 23.3 Å². The van der Waals surface area contributed by atoms with Gasteiger partial charge in [0.05, 0.1) is 17.8 Å². The molecule has 21 heavy (non-hydrogen) atoms. The Labute approximate surface area is 118 Å². The van der Waals surface area contributed by atoms with Crippen LogP contribution in [0.3, 0.4) is 0 Å². The summed E-state index contributed by atoms with van der Waals surface area (Å²) in [6, 6.07) is 1.54. The number of ketones is 1. The minimum atomic E-state index is -0.932. The lowest BCUT2D eigenvalue weighted by molar-refractivity contribution is -0.114. The SMILES string of the molecule is CCn1ccnc1CN1C(=O)C(=O)c2cc(F)cc(F)c21. The number of rotatable bonds is 3. The minimum absolute atomic E-state index is 0.0407. The van der Waals surface area contributed by atoms with Crippen LogP contribution in [0.15, 0.2) is 24.5 Å². The minimum Gasteiger partial charge on any atom is -0.334 e. The van der Waals surface area contributed by atoms with E-state index in [9.17, 15) is 18.4 Å². The molecule has 1 aromatic heterocycles. The van der Waals surface area contributed by atoms with E-state index >= 15 is 0 Å². The summed E-state index contributed by atoms with van der Waals surface area (Å²) in [4.78, 5) is 28.9. The summed E-state index contributed by atoms with van der Waals surface area (Å²) in [5.74, 6) is -3.07. The van der Waals surface area contributed by atoms with Crippen LogP contribution in [-0.4, -0.2) is 21.2 Å². The number of nitrogens with zero attached hydrogens (tertiary/aromatic N) is 3. The standard InChI is InChI=1S/C14H11F2N3O2/c1-2-18-4-3-17-11(18)7-19-12-9(13(20)14(19)21)5-8(15)6-10(12)16/h3-6H,2,7H2,1H3. The van der Waals surface area contributed by atoms with Crippen LogP contribution in [0.25, 0.3) is 0 Å². The topological polar surface area (TPSA) is 55.2 Å². The molecule has 108 valence electrons. The molecular weight excluding hydrogens is 280 g/mol. The maximum atomic E-state index is 13.9. The van der Waals surface area contributed by atoms with Gasteiger partial charge in [0.2, 0.25) is 0 Å². The molecule has 0 unspecified atom stereocenters. The Morgan fingerprint density at radius 1 is 1.24 bits per heavy atom. The first kappa shape index (κ1) is 13.4. The third kappa shape index (κ3) is 2.01. The molecule has 1 aromatic carbocycles. The molecule has 5 nitrogen and oxygen atoms in total. The Hall–Kier alpha value is -2.57. The number of aryl methyl sites for hydroxylation is 1. The second-order valence-corrected chi connectivity index (χ2v) is 4.63. The number of aromatic nitrogens is 2. The first-order valence-corrected chi connectivity index (χ1v) is 6.38. The van der Waals surface area contributed by atoms with Crippen LogP contribution < -0.4 is 4.90 Å². The highest BCUT2D eigenvalue weighted by molar-refractivity contribution is 6.52. The van der Waals surface area contributed by atoms with E-state index in [0.29, 0.717) is 18.4 Å². The maximum absolute atomic E-state index is 13.9. The molecule has 7 heteroatoms. The van der Waals surface area contributed by atoms with Crippen molar-refractivity contribution in [3.05, 3.63) is 47.5 Å². The second kappa shape index (κ2) is 4.76. The van der Waals surface area contributed by atoms with Gasteiger partial charge in [-0.05, 0) is 13.0 Å². The molecule has 0 saturated carbocycles. The van der Waals surface area contributed by atoms with Crippen molar-refractivity contribution in [1.29, 1.82) is 0 Å². The number of fused-ring (bicyclic) bond motifs is 1. The van der Waals surface area contributed by atoms with E-state index in [2.05, 4.69) is 4.98 Å². The van der Waals surface area contributed by atoms with Crippen molar-refractivity contribution in [1.82, 2.24) is 9.55 Å². The fourth-order valence-corrected chi connectivity index (χ4v) is 2.42. The van der Waals surface area contributed by atoms with E-state index in [1.165, 1.54) is 0 Å². The fraction of sp³-hybridized carbons (Fsp3) is 0.214. The quantitative estimate of drug-likeness (QED) is 0.812. The predicted octanol–water partition coefficient (Wildman–Crippen LogP) is 1.91. The van der Waals surface area contributed by atoms with Crippen molar-refractivity contribution < 1.29 is 18.4 Å². The van der Waals surface area contributed by atoms with Crippen molar-refractivity contribution in [3.8, 4) is 0 Å². The second-order valence-electron chi connectivity index (χ2n) is 4.63. The molecular formula is C14H11F2N3O2. The van der Waals surface area contributed by atoms with Crippen LogP contribution in [0.1, 0.15) is 23.1 Å². The average Bonchev–Trinajstić information content (AvgIpc) is 2.98. The third-order valence-corrected chi connectivity index (χ3v) is 3.42. The fourth-order valence-electron chi connectivity index (χ4n) is 2.42. The molecule has 0 spiro atoms. The molecule has 0 saturated heterocycles. The predicted molar refractivity (Wildman–Crippen MR) is 69.8 cm³/mol. The summed E-state index contributed by atoms with van der Waals surface area (Å²) < 4.78 is 28.9. The number of benzene rings is 1. The number of hydrogen-bond acceptors (Lipinski definition) is 3. The molecule has 0 bridgehead atoms. The van der Waals surface area contributed by atoms with E-state index in [1.807, 2.05) is 6.92 Å². The van der Waals surface area contributed by atoms with Crippen molar-refractivity contribution in [3.63, 3.8) is 0 Å². The molecule has 0 fully saturated rings. The van der Waals surface area contributed by atoms with Gasteiger partial charge in [-0.15, -0.1) is 0 Å². The van der Waals surface area contributed by atoms with Crippen molar-refractivity contribution in [2.75, 3.05) is 4.90 Å². The van der Waals surface area contributed by atoms with Gasteiger partial charge in [0.1, 0.15) is 11.6 Å². The van der Waals surface area contributed by atoms with Crippen molar-refractivity contribution in [2.24, 2.45) is 0 Å². The molecule has 0 aliphatic carbocycles. The summed E-state index contributed by atoms with van der Waals surface area (Å²) in [6.45, 7) is 2.48. The summed E-state index contributed by atoms with van der Waals surface area (Å²) in [5, 5.41) is 0. The number of carbonyl (C=O) groups excluding carboxylic acids is 2. The first-order valence-electron chi connectivity index (χ1n) is 6.38. The van der Waals surface area contributed by atoms with Gasteiger partial charge >= 0.3 is 0 Å². The Bertz CT molecular complexity index is 755. The van der Waals surface area contributed by atoms with Crippen LogP contribution in [-0.2, 0) is 17.9 Å². The average molecular weight is 291 g/mol. The lowest BCUT2D eigenvalue weighted by Gasteiger charge is -2.17. The molecule has 3 rings (SSSR count). The summed E-state index contributed by atoms with van der Waals surface area (Å²) in [5.41, 5.74) is -0.427. The van der Waals surface area contributed by atoms with E-state index in [4.69, 9.17) is 0 Å². The third-order valence-electron chi connectivity index (χ3n) is 3.42. The van der Waals surface area contributed by atoms with Crippen molar-refractivity contribution >= 4 is 17.4 Å². The van der Waals surface area contributed by atoms with Gasteiger partial charge in [0.15, 0.2) is 5.82 Å². The highest BCUT2D eigenvalue weighted by Crippen LogP contribution is 2.33. The highest BCUT2D eigenvalue weighted by atomic mass is 19.1. The summed E-state index contributed by atoms with van der Waals surface area (Å²) in [6.07, 6.45) is 3.28. The number of amides is 1. The number of halogens is 2. The van der Waals surface area contributed by atoms with Crippen LogP contribution in [0, 0.1) is 11.6 Å². The van der Waals surface area contributed by atoms with E-state index in [0.717, 1.165) is 11.0 Å². The molecule has 0 radical (unpaired) electrons. The normalized spacial score (nSPS) is 14.0.